The van der Waals surface area contributed by atoms with E-state index in [2.05, 4.69) is 9.88 Å². The molecule has 0 bridgehead atoms. The van der Waals surface area contributed by atoms with Gasteiger partial charge in [0.25, 0.3) is 10.0 Å². The van der Waals surface area contributed by atoms with E-state index in [-0.39, 0.29) is 4.90 Å². The van der Waals surface area contributed by atoms with Gasteiger partial charge in [-0.25, -0.2) is 8.42 Å². The molecule has 0 aliphatic carbocycles. The lowest BCUT2D eigenvalue weighted by Gasteiger charge is -2.32. The van der Waals surface area contributed by atoms with Gasteiger partial charge in [-0.2, -0.15) is 0 Å². The Bertz CT molecular complexity index is 884. The number of nitrogens with one attached hydrogen (secondary N) is 1. The molecule has 1 aromatic carbocycles. The molecule has 2 heterocycles. The minimum absolute atomic E-state index is 0.137. The smallest absolute Gasteiger partial charge is 0.399 e. The van der Waals surface area contributed by atoms with Gasteiger partial charge in [0, 0.05) is 0 Å². The van der Waals surface area contributed by atoms with Crippen molar-refractivity contribution >= 4 is 28.3 Å². The van der Waals surface area contributed by atoms with Crippen LogP contribution in [-0.2, 0) is 19.3 Å². The minimum atomic E-state index is -3.75. The zero-order valence-corrected chi connectivity index (χ0v) is 16.6. The monoisotopic (exact) mass is 378 g/mol. The molecule has 1 aromatic heterocycles. The molecule has 0 radical (unpaired) electrons. The van der Waals surface area contributed by atoms with Crippen molar-refractivity contribution < 1.29 is 22.2 Å². The summed E-state index contributed by atoms with van der Waals surface area (Å²) in [5.74, 6) is 0.417. The first-order valence-corrected chi connectivity index (χ1v) is 9.82. The highest BCUT2D eigenvalue weighted by Crippen LogP contribution is 2.36. The molecule has 0 amide bonds. The second kappa shape index (κ2) is 6.11. The molecule has 26 heavy (non-hydrogen) atoms. The van der Waals surface area contributed by atoms with Crippen LogP contribution in [-0.4, -0.2) is 31.9 Å². The Morgan fingerprint density at radius 2 is 1.54 bits per heavy atom. The van der Waals surface area contributed by atoms with Crippen molar-refractivity contribution in [1.82, 2.24) is 5.16 Å². The fourth-order valence-corrected chi connectivity index (χ4v) is 3.78. The first-order chi connectivity index (χ1) is 11.9. The number of nitrogens with zero attached hydrogens (tertiary/aromatic N) is 1. The van der Waals surface area contributed by atoms with Gasteiger partial charge in [0.2, 0.25) is 0 Å². The molecule has 0 saturated carbocycles. The summed E-state index contributed by atoms with van der Waals surface area (Å²) in [7, 11) is -4.28. The standard InChI is InChI=1S/C17H23BN2O5S/c1-11-15(12(2)23-19-11)20-26(21,22)14-9-7-13(8-10-14)18-24-16(3,4)17(5,6)25-18/h7-10,20H,1-6H3. The van der Waals surface area contributed by atoms with Crippen LogP contribution in [0.4, 0.5) is 5.69 Å². The third-order valence-electron chi connectivity index (χ3n) is 4.99. The maximum atomic E-state index is 12.6. The highest BCUT2D eigenvalue weighted by Gasteiger charge is 2.51. The third-order valence-corrected chi connectivity index (χ3v) is 6.35. The molecule has 9 heteroatoms. The number of sulfonamides is 1. The van der Waals surface area contributed by atoms with Gasteiger partial charge in [0.15, 0.2) is 5.76 Å². The summed E-state index contributed by atoms with van der Waals surface area (Å²) in [6.07, 6.45) is 0. The number of anilines is 1. The van der Waals surface area contributed by atoms with Crippen LogP contribution in [0.3, 0.4) is 0 Å². The first-order valence-electron chi connectivity index (χ1n) is 8.34. The lowest BCUT2D eigenvalue weighted by molar-refractivity contribution is 0.00578. The molecule has 0 spiro atoms. The Morgan fingerprint density at radius 3 is 2.00 bits per heavy atom. The molecule has 140 valence electrons. The summed E-state index contributed by atoms with van der Waals surface area (Å²) in [5.41, 5.74) is 0.709. The van der Waals surface area contributed by atoms with E-state index in [1.807, 2.05) is 27.7 Å². The van der Waals surface area contributed by atoms with Gasteiger partial charge in [-0.3, -0.25) is 4.72 Å². The van der Waals surface area contributed by atoms with Crippen LogP contribution in [0.5, 0.6) is 0 Å². The van der Waals surface area contributed by atoms with E-state index in [0.29, 0.717) is 17.1 Å². The van der Waals surface area contributed by atoms with Crippen molar-refractivity contribution in [1.29, 1.82) is 0 Å². The SMILES string of the molecule is Cc1noc(C)c1NS(=O)(=O)c1ccc(B2OC(C)(C)C(C)(C)O2)cc1. The molecule has 1 aliphatic heterocycles. The van der Waals surface area contributed by atoms with Gasteiger partial charge in [-0.1, -0.05) is 17.3 Å². The molecule has 0 unspecified atom stereocenters. The number of benzene rings is 1. The van der Waals surface area contributed by atoms with Crippen molar-refractivity contribution in [2.45, 2.75) is 57.6 Å². The summed E-state index contributed by atoms with van der Waals surface area (Å²) in [5, 5.41) is 3.75. The van der Waals surface area contributed by atoms with Crippen molar-refractivity contribution in [2.24, 2.45) is 0 Å². The fourth-order valence-electron chi connectivity index (χ4n) is 2.61. The van der Waals surface area contributed by atoms with Gasteiger partial charge in [-0.15, -0.1) is 0 Å². The van der Waals surface area contributed by atoms with E-state index in [4.69, 9.17) is 13.8 Å². The Hall–Kier alpha value is -1.84. The van der Waals surface area contributed by atoms with Crippen LogP contribution in [0, 0.1) is 13.8 Å². The minimum Gasteiger partial charge on any atom is -0.399 e. The molecule has 1 fully saturated rings. The van der Waals surface area contributed by atoms with Crippen molar-refractivity contribution in [3.63, 3.8) is 0 Å². The predicted octanol–water partition coefficient (Wildman–Crippen LogP) is 2.39. The molecule has 3 rings (SSSR count). The van der Waals surface area contributed by atoms with Crippen LogP contribution in [0.25, 0.3) is 0 Å². The average Bonchev–Trinajstić information content (AvgIpc) is 2.96. The quantitative estimate of drug-likeness (QED) is 0.822. The van der Waals surface area contributed by atoms with E-state index in [9.17, 15) is 8.42 Å². The second-order valence-electron chi connectivity index (χ2n) is 7.46. The average molecular weight is 378 g/mol. The van der Waals surface area contributed by atoms with Gasteiger partial charge in [0.1, 0.15) is 11.4 Å². The lowest BCUT2D eigenvalue weighted by Crippen LogP contribution is -2.41. The Kier molecular flexibility index (Phi) is 4.45. The van der Waals surface area contributed by atoms with Gasteiger partial charge in [-0.05, 0) is 59.1 Å². The van der Waals surface area contributed by atoms with E-state index in [1.165, 1.54) is 12.1 Å². The molecule has 7 nitrogen and oxygen atoms in total. The Balaban J connectivity index is 1.82. The van der Waals surface area contributed by atoms with Crippen molar-refractivity contribution in [3.05, 3.63) is 35.7 Å². The van der Waals surface area contributed by atoms with Crippen molar-refractivity contribution in [3.8, 4) is 0 Å². The van der Waals surface area contributed by atoms with Crippen LogP contribution in [0.1, 0.15) is 39.1 Å². The van der Waals surface area contributed by atoms with E-state index in [0.717, 1.165) is 5.46 Å². The zero-order valence-electron chi connectivity index (χ0n) is 15.8. The highest BCUT2D eigenvalue weighted by atomic mass is 32.2. The maximum Gasteiger partial charge on any atom is 0.494 e. The van der Waals surface area contributed by atoms with E-state index >= 15 is 0 Å². The van der Waals surface area contributed by atoms with E-state index < -0.39 is 28.3 Å². The van der Waals surface area contributed by atoms with Gasteiger partial charge < -0.3 is 13.8 Å². The van der Waals surface area contributed by atoms with Crippen LogP contribution in [0.15, 0.2) is 33.7 Å². The highest BCUT2D eigenvalue weighted by molar-refractivity contribution is 7.92. The molecule has 0 atom stereocenters. The van der Waals surface area contributed by atoms with Crippen molar-refractivity contribution in [2.75, 3.05) is 4.72 Å². The molecule has 1 saturated heterocycles. The predicted molar refractivity (Wildman–Crippen MR) is 98.9 cm³/mol. The summed E-state index contributed by atoms with van der Waals surface area (Å²) < 4.78 is 44.7. The maximum absolute atomic E-state index is 12.6. The van der Waals surface area contributed by atoms with Crippen LogP contribution < -0.4 is 10.2 Å². The number of aryl methyl sites for hydroxylation is 2. The number of hydrogen-bond acceptors (Lipinski definition) is 6. The largest absolute Gasteiger partial charge is 0.494 e. The number of hydrogen-bond donors (Lipinski definition) is 1. The number of rotatable bonds is 4. The van der Waals surface area contributed by atoms with Gasteiger partial charge in [0.05, 0.1) is 16.1 Å². The van der Waals surface area contributed by atoms with Crippen LogP contribution in [0.2, 0.25) is 0 Å². The summed E-state index contributed by atoms with van der Waals surface area (Å²) in [4.78, 5) is 0.137. The first kappa shape index (κ1) is 18.9. The molecule has 1 N–H and O–H groups in total. The number of aromatic nitrogens is 1. The summed E-state index contributed by atoms with van der Waals surface area (Å²) in [6, 6.07) is 6.45. The molecular formula is C17H23BN2O5S. The molecule has 1 aliphatic rings. The topological polar surface area (TPSA) is 90.7 Å². The third kappa shape index (κ3) is 3.26. The normalized spacial score (nSPS) is 18.9. The second-order valence-corrected chi connectivity index (χ2v) is 9.14. The van der Waals surface area contributed by atoms with E-state index in [1.54, 1.807) is 26.0 Å². The Labute approximate surface area is 154 Å². The summed E-state index contributed by atoms with van der Waals surface area (Å²) in [6.45, 7) is 11.2. The summed E-state index contributed by atoms with van der Waals surface area (Å²) >= 11 is 0. The molecular weight excluding hydrogens is 355 g/mol. The Morgan fingerprint density at radius 1 is 1.00 bits per heavy atom. The zero-order chi connectivity index (χ0) is 19.3. The van der Waals surface area contributed by atoms with Crippen LogP contribution >= 0.6 is 0 Å². The van der Waals surface area contributed by atoms with Gasteiger partial charge >= 0.3 is 7.12 Å². The molecule has 2 aromatic rings. The fraction of sp³-hybridized carbons (Fsp3) is 0.471. The lowest BCUT2D eigenvalue weighted by atomic mass is 9.79.